The van der Waals surface area contributed by atoms with Crippen LogP contribution in [-0.2, 0) is 20.9 Å². The summed E-state index contributed by atoms with van der Waals surface area (Å²) in [6.45, 7) is 2.15. The number of amides is 3. The quantitative estimate of drug-likeness (QED) is 0.442. The SMILES string of the molecule is Cc1nc2cccc(NCc3ccc(NC(=O)C4CCCCC4)cc3)c2c(=O)n1C1CCC(=O)NC1=O. The Hall–Kier alpha value is -4.01. The maximum absolute atomic E-state index is 13.6. The lowest BCUT2D eigenvalue weighted by molar-refractivity contribution is -0.135. The van der Waals surface area contributed by atoms with Crippen LogP contribution < -0.4 is 21.5 Å². The number of nitrogens with one attached hydrogen (secondary N) is 3. The molecular weight excluding hydrogens is 470 g/mol. The van der Waals surface area contributed by atoms with Gasteiger partial charge in [0.25, 0.3) is 5.56 Å². The fourth-order valence-electron chi connectivity index (χ4n) is 5.31. The molecule has 2 aromatic carbocycles. The van der Waals surface area contributed by atoms with Gasteiger partial charge in [-0.05, 0) is 56.0 Å². The van der Waals surface area contributed by atoms with Crippen molar-refractivity contribution in [1.29, 1.82) is 0 Å². The van der Waals surface area contributed by atoms with Gasteiger partial charge in [0.15, 0.2) is 0 Å². The van der Waals surface area contributed by atoms with E-state index >= 15 is 0 Å². The van der Waals surface area contributed by atoms with E-state index in [1.807, 2.05) is 36.4 Å². The average Bonchev–Trinajstić information content (AvgIpc) is 2.89. The number of carbonyl (C=O) groups is 3. The Morgan fingerprint density at radius 2 is 1.78 bits per heavy atom. The topological polar surface area (TPSA) is 122 Å². The smallest absolute Gasteiger partial charge is 0.264 e. The maximum Gasteiger partial charge on any atom is 0.264 e. The molecule has 3 amide bonds. The van der Waals surface area contributed by atoms with Crippen molar-refractivity contribution in [3.63, 3.8) is 0 Å². The predicted molar refractivity (Wildman–Crippen MR) is 141 cm³/mol. The Kier molecular flexibility index (Phi) is 7.03. The lowest BCUT2D eigenvalue weighted by Gasteiger charge is -2.24. The molecule has 9 heteroatoms. The highest BCUT2D eigenvalue weighted by Crippen LogP contribution is 2.26. The van der Waals surface area contributed by atoms with Gasteiger partial charge >= 0.3 is 0 Å². The summed E-state index contributed by atoms with van der Waals surface area (Å²) in [4.78, 5) is 54.7. The summed E-state index contributed by atoms with van der Waals surface area (Å²) in [5, 5.41) is 9.07. The van der Waals surface area contributed by atoms with Crippen LogP contribution in [0.1, 0.15) is 62.4 Å². The van der Waals surface area contributed by atoms with E-state index in [0.29, 0.717) is 29.0 Å². The molecule has 192 valence electrons. The summed E-state index contributed by atoms with van der Waals surface area (Å²) in [5.41, 5.74) is 2.60. The molecule has 2 fully saturated rings. The molecule has 3 aromatic rings. The van der Waals surface area contributed by atoms with E-state index in [9.17, 15) is 19.2 Å². The van der Waals surface area contributed by atoms with E-state index in [2.05, 4.69) is 20.9 Å². The molecule has 0 bridgehead atoms. The molecule has 1 saturated heterocycles. The third-order valence-corrected chi connectivity index (χ3v) is 7.31. The van der Waals surface area contributed by atoms with Crippen molar-refractivity contribution in [3.8, 4) is 0 Å². The molecule has 0 spiro atoms. The lowest BCUT2D eigenvalue weighted by atomic mass is 9.88. The zero-order valence-electron chi connectivity index (χ0n) is 20.9. The number of piperidine rings is 1. The van der Waals surface area contributed by atoms with Crippen molar-refractivity contribution < 1.29 is 14.4 Å². The predicted octanol–water partition coefficient (Wildman–Crippen LogP) is 3.81. The number of nitrogens with zero attached hydrogens (tertiary/aromatic N) is 2. The van der Waals surface area contributed by atoms with E-state index in [1.165, 1.54) is 11.0 Å². The van der Waals surface area contributed by atoms with Crippen LogP contribution in [0, 0.1) is 12.8 Å². The van der Waals surface area contributed by atoms with Gasteiger partial charge in [-0.2, -0.15) is 0 Å². The molecule has 3 N–H and O–H groups in total. The van der Waals surface area contributed by atoms with Gasteiger partial charge in [-0.25, -0.2) is 4.98 Å². The van der Waals surface area contributed by atoms with Gasteiger partial charge in [0.1, 0.15) is 11.9 Å². The Morgan fingerprint density at radius 3 is 2.51 bits per heavy atom. The van der Waals surface area contributed by atoms with E-state index in [-0.39, 0.29) is 36.1 Å². The van der Waals surface area contributed by atoms with E-state index in [0.717, 1.165) is 36.9 Å². The van der Waals surface area contributed by atoms with E-state index < -0.39 is 11.9 Å². The van der Waals surface area contributed by atoms with Crippen LogP contribution in [0.4, 0.5) is 11.4 Å². The van der Waals surface area contributed by atoms with Crippen molar-refractivity contribution in [2.45, 2.75) is 64.5 Å². The van der Waals surface area contributed by atoms with Gasteiger partial charge in [0, 0.05) is 30.3 Å². The highest BCUT2D eigenvalue weighted by molar-refractivity contribution is 6.00. The second-order valence-corrected chi connectivity index (χ2v) is 9.88. The van der Waals surface area contributed by atoms with Gasteiger partial charge in [0.05, 0.1) is 10.9 Å². The van der Waals surface area contributed by atoms with Crippen molar-refractivity contribution in [2.24, 2.45) is 5.92 Å². The highest BCUT2D eigenvalue weighted by atomic mass is 16.2. The number of rotatable bonds is 6. The molecule has 2 aliphatic rings. The zero-order valence-corrected chi connectivity index (χ0v) is 20.9. The van der Waals surface area contributed by atoms with Gasteiger partial charge in [-0.1, -0.05) is 37.5 Å². The summed E-state index contributed by atoms with van der Waals surface area (Å²) in [5.74, 6) is -0.194. The summed E-state index contributed by atoms with van der Waals surface area (Å²) < 4.78 is 1.39. The van der Waals surface area contributed by atoms with Gasteiger partial charge in [-0.15, -0.1) is 0 Å². The molecule has 1 atom stereocenters. The molecule has 5 rings (SSSR count). The van der Waals surface area contributed by atoms with Crippen LogP contribution >= 0.6 is 0 Å². The summed E-state index contributed by atoms with van der Waals surface area (Å²) in [7, 11) is 0. The van der Waals surface area contributed by atoms with Crippen molar-refractivity contribution in [3.05, 3.63) is 64.2 Å². The number of hydrogen-bond acceptors (Lipinski definition) is 6. The third kappa shape index (κ3) is 5.26. The van der Waals surface area contributed by atoms with E-state index in [4.69, 9.17) is 0 Å². The van der Waals surface area contributed by atoms with E-state index in [1.54, 1.807) is 13.0 Å². The Balaban J connectivity index is 1.33. The number of imide groups is 1. The van der Waals surface area contributed by atoms with Crippen LogP contribution in [0.5, 0.6) is 0 Å². The molecule has 1 aliphatic carbocycles. The molecule has 37 heavy (non-hydrogen) atoms. The number of fused-ring (bicyclic) bond motifs is 1. The maximum atomic E-state index is 13.6. The van der Waals surface area contributed by atoms with Crippen molar-refractivity contribution in [1.82, 2.24) is 14.9 Å². The van der Waals surface area contributed by atoms with Crippen LogP contribution in [0.25, 0.3) is 10.9 Å². The second kappa shape index (κ2) is 10.5. The Bertz CT molecular complexity index is 1410. The number of hydrogen-bond donors (Lipinski definition) is 3. The number of aromatic nitrogens is 2. The largest absolute Gasteiger partial charge is 0.380 e. The molecule has 1 aliphatic heterocycles. The summed E-state index contributed by atoms with van der Waals surface area (Å²) in [6, 6.07) is 12.3. The number of benzene rings is 2. The first-order chi connectivity index (χ1) is 17.9. The lowest BCUT2D eigenvalue weighted by Crippen LogP contribution is -2.45. The Labute approximate surface area is 214 Å². The van der Waals surface area contributed by atoms with Crippen LogP contribution in [0.15, 0.2) is 47.3 Å². The zero-order chi connectivity index (χ0) is 25.9. The fourth-order valence-corrected chi connectivity index (χ4v) is 5.31. The second-order valence-electron chi connectivity index (χ2n) is 9.88. The first kappa shape index (κ1) is 24.7. The molecule has 1 aromatic heterocycles. The number of aryl methyl sites for hydroxylation is 1. The number of carbonyl (C=O) groups excluding carboxylic acids is 3. The van der Waals surface area contributed by atoms with Crippen LogP contribution in [-0.4, -0.2) is 27.3 Å². The van der Waals surface area contributed by atoms with Crippen LogP contribution in [0.2, 0.25) is 0 Å². The minimum absolute atomic E-state index is 0.0939. The van der Waals surface area contributed by atoms with Gasteiger partial charge in [0.2, 0.25) is 17.7 Å². The first-order valence-electron chi connectivity index (χ1n) is 12.9. The third-order valence-electron chi connectivity index (χ3n) is 7.31. The minimum atomic E-state index is -0.772. The minimum Gasteiger partial charge on any atom is -0.380 e. The molecule has 1 saturated carbocycles. The molecule has 1 unspecified atom stereocenters. The average molecular weight is 502 g/mol. The molecule has 2 heterocycles. The number of anilines is 2. The highest BCUT2D eigenvalue weighted by Gasteiger charge is 2.30. The fraction of sp³-hybridized carbons (Fsp3) is 0.393. The van der Waals surface area contributed by atoms with Gasteiger partial charge in [-0.3, -0.25) is 29.1 Å². The van der Waals surface area contributed by atoms with Crippen molar-refractivity contribution >= 4 is 40.0 Å². The molecular formula is C28H31N5O4. The summed E-state index contributed by atoms with van der Waals surface area (Å²) >= 11 is 0. The first-order valence-corrected chi connectivity index (χ1v) is 12.9. The monoisotopic (exact) mass is 501 g/mol. The van der Waals surface area contributed by atoms with Crippen LogP contribution in [0.3, 0.4) is 0 Å². The molecule has 0 radical (unpaired) electrons. The standard InChI is InChI=1S/C28H31N5O4/c1-17-30-22-9-5-8-21(25(22)28(37)33(17)23-14-15-24(34)32-27(23)36)29-16-18-10-12-20(13-11-18)31-26(35)19-6-3-2-4-7-19/h5,8-13,19,23,29H,2-4,6-7,14-16H2,1H3,(H,31,35)(H,32,34,36). The van der Waals surface area contributed by atoms with Gasteiger partial charge < -0.3 is 10.6 Å². The van der Waals surface area contributed by atoms with Crippen molar-refractivity contribution in [2.75, 3.05) is 10.6 Å². The summed E-state index contributed by atoms with van der Waals surface area (Å²) in [6.07, 6.45) is 5.80. The molecule has 9 nitrogen and oxygen atoms in total. The normalized spacial score (nSPS) is 18.5. The Morgan fingerprint density at radius 1 is 1.03 bits per heavy atom.